The van der Waals surface area contributed by atoms with E-state index in [4.69, 9.17) is 18.9 Å². The highest BCUT2D eigenvalue weighted by molar-refractivity contribution is 6.05. The molecular weight excluding hydrogens is 434 g/mol. The van der Waals surface area contributed by atoms with Gasteiger partial charge < -0.3 is 18.9 Å². The molecule has 1 saturated heterocycles. The molecule has 0 spiro atoms. The second-order valence-electron chi connectivity index (χ2n) is 7.64. The van der Waals surface area contributed by atoms with Crippen LogP contribution in [0.3, 0.4) is 0 Å². The summed E-state index contributed by atoms with van der Waals surface area (Å²) in [5.74, 6) is 1.48. The third-order valence-corrected chi connectivity index (χ3v) is 5.56. The van der Waals surface area contributed by atoms with E-state index in [1.165, 1.54) is 0 Å². The Bertz CT molecular complexity index is 1130. The first kappa shape index (κ1) is 23.2. The molecular formula is C27H27NO6. The van der Waals surface area contributed by atoms with Crippen molar-refractivity contribution in [3.8, 4) is 17.2 Å². The summed E-state index contributed by atoms with van der Waals surface area (Å²) in [6, 6.07) is 21.2. The van der Waals surface area contributed by atoms with Crippen LogP contribution in [0.1, 0.15) is 35.8 Å². The summed E-state index contributed by atoms with van der Waals surface area (Å²) in [7, 11) is 1.60. The predicted octanol–water partition coefficient (Wildman–Crippen LogP) is 4.81. The van der Waals surface area contributed by atoms with Crippen molar-refractivity contribution >= 4 is 17.6 Å². The van der Waals surface area contributed by atoms with Gasteiger partial charge in [-0.3, -0.25) is 9.69 Å². The van der Waals surface area contributed by atoms with Gasteiger partial charge in [0.15, 0.2) is 0 Å². The molecule has 0 aromatic heterocycles. The number of anilines is 1. The maximum Gasteiger partial charge on any atom is 0.338 e. The van der Waals surface area contributed by atoms with Crippen LogP contribution in [-0.4, -0.2) is 38.3 Å². The fraction of sp³-hybridized carbons (Fsp3) is 0.259. The number of β-lactam (4-membered cyclic amide) rings is 1. The SMILES string of the molecule is CCOC(=O)c1ccc(N2C(=O)[C@H](Oc3ccc(OC)cc3)[C@@H]2c2ccc(OCC)cc2)cc1. The number of esters is 1. The summed E-state index contributed by atoms with van der Waals surface area (Å²) in [6.07, 6.45) is -0.698. The summed E-state index contributed by atoms with van der Waals surface area (Å²) in [4.78, 5) is 26.9. The molecule has 34 heavy (non-hydrogen) atoms. The first-order valence-corrected chi connectivity index (χ1v) is 11.2. The van der Waals surface area contributed by atoms with Gasteiger partial charge in [0.1, 0.15) is 23.3 Å². The molecule has 0 N–H and O–H groups in total. The second kappa shape index (κ2) is 10.3. The molecule has 0 radical (unpaired) electrons. The van der Waals surface area contributed by atoms with Crippen LogP contribution in [0.2, 0.25) is 0 Å². The van der Waals surface area contributed by atoms with Crippen molar-refractivity contribution in [3.63, 3.8) is 0 Å². The minimum absolute atomic E-state index is 0.168. The van der Waals surface area contributed by atoms with Crippen LogP contribution in [0.15, 0.2) is 72.8 Å². The molecule has 0 saturated carbocycles. The highest BCUT2D eigenvalue weighted by Crippen LogP contribution is 2.42. The topological polar surface area (TPSA) is 74.3 Å². The second-order valence-corrected chi connectivity index (χ2v) is 7.64. The minimum atomic E-state index is -0.698. The Balaban J connectivity index is 1.62. The van der Waals surface area contributed by atoms with Crippen molar-refractivity contribution in [1.29, 1.82) is 0 Å². The molecule has 3 aromatic rings. The van der Waals surface area contributed by atoms with Gasteiger partial charge in [-0.2, -0.15) is 0 Å². The van der Waals surface area contributed by atoms with Crippen molar-refractivity contribution in [1.82, 2.24) is 0 Å². The maximum absolute atomic E-state index is 13.2. The standard InChI is InChI=1S/C27H27NO6/c1-4-32-22-12-8-18(9-13-22)24-25(34-23-16-14-21(31-3)15-17-23)26(29)28(24)20-10-6-19(7-11-20)27(30)33-5-2/h6-17,24-25H,4-5H2,1-3H3/t24-,25+/m0/s1. The third-order valence-electron chi connectivity index (χ3n) is 5.56. The Kier molecular flexibility index (Phi) is 7.01. The van der Waals surface area contributed by atoms with Gasteiger partial charge in [-0.25, -0.2) is 4.79 Å². The predicted molar refractivity (Wildman–Crippen MR) is 128 cm³/mol. The number of ether oxygens (including phenoxy) is 4. The number of amides is 1. The monoisotopic (exact) mass is 461 g/mol. The van der Waals surface area contributed by atoms with Gasteiger partial charge in [-0.1, -0.05) is 12.1 Å². The van der Waals surface area contributed by atoms with Crippen molar-refractivity contribution in [2.75, 3.05) is 25.2 Å². The summed E-state index contributed by atoms with van der Waals surface area (Å²) in [6.45, 7) is 4.56. The summed E-state index contributed by atoms with van der Waals surface area (Å²) in [5, 5.41) is 0. The zero-order chi connectivity index (χ0) is 24.1. The Hall–Kier alpha value is -4.00. The van der Waals surface area contributed by atoms with Gasteiger partial charge in [-0.15, -0.1) is 0 Å². The van der Waals surface area contributed by atoms with Gasteiger partial charge >= 0.3 is 5.97 Å². The molecule has 0 aliphatic carbocycles. The van der Waals surface area contributed by atoms with Crippen LogP contribution in [0, 0.1) is 0 Å². The van der Waals surface area contributed by atoms with Crippen LogP contribution in [0.5, 0.6) is 17.2 Å². The summed E-state index contributed by atoms with van der Waals surface area (Å²) >= 11 is 0. The Morgan fingerprint density at radius 3 is 2.03 bits per heavy atom. The lowest BCUT2D eigenvalue weighted by atomic mass is 9.89. The van der Waals surface area contributed by atoms with Crippen LogP contribution in [0.25, 0.3) is 0 Å². The summed E-state index contributed by atoms with van der Waals surface area (Å²) in [5.41, 5.74) is 2.02. The molecule has 7 heteroatoms. The van der Waals surface area contributed by atoms with E-state index in [9.17, 15) is 9.59 Å². The van der Waals surface area contributed by atoms with Crippen molar-refractivity contribution in [2.45, 2.75) is 26.0 Å². The van der Waals surface area contributed by atoms with E-state index < -0.39 is 12.1 Å². The van der Waals surface area contributed by atoms with Crippen molar-refractivity contribution in [3.05, 3.63) is 83.9 Å². The Morgan fingerprint density at radius 2 is 1.44 bits per heavy atom. The van der Waals surface area contributed by atoms with Gasteiger partial charge in [0, 0.05) is 5.69 Å². The largest absolute Gasteiger partial charge is 0.497 e. The lowest BCUT2D eigenvalue weighted by Crippen LogP contribution is -2.61. The number of hydrogen-bond donors (Lipinski definition) is 0. The van der Waals surface area contributed by atoms with E-state index in [1.807, 2.05) is 31.2 Å². The van der Waals surface area contributed by atoms with E-state index in [0.717, 1.165) is 11.3 Å². The molecule has 2 atom stereocenters. The fourth-order valence-corrected chi connectivity index (χ4v) is 3.89. The smallest absolute Gasteiger partial charge is 0.338 e. The van der Waals surface area contributed by atoms with Gasteiger partial charge in [0.05, 0.1) is 25.9 Å². The maximum atomic E-state index is 13.2. The molecule has 176 valence electrons. The van der Waals surface area contributed by atoms with Crippen LogP contribution < -0.4 is 19.1 Å². The van der Waals surface area contributed by atoms with Gasteiger partial charge in [-0.05, 0) is 80.1 Å². The number of nitrogens with zero attached hydrogens (tertiary/aromatic N) is 1. The highest BCUT2D eigenvalue weighted by atomic mass is 16.5. The number of rotatable bonds is 9. The van der Waals surface area contributed by atoms with E-state index in [2.05, 4.69) is 0 Å². The summed E-state index contributed by atoms with van der Waals surface area (Å²) < 4.78 is 21.9. The Labute approximate surface area is 198 Å². The fourth-order valence-electron chi connectivity index (χ4n) is 3.89. The number of hydrogen-bond acceptors (Lipinski definition) is 6. The van der Waals surface area contributed by atoms with Crippen molar-refractivity contribution < 1.29 is 28.5 Å². The Morgan fingerprint density at radius 1 is 0.824 bits per heavy atom. The number of benzene rings is 3. The number of carbonyl (C=O) groups excluding carboxylic acids is 2. The lowest BCUT2D eigenvalue weighted by molar-refractivity contribution is -0.135. The molecule has 0 bridgehead atoms. The van der Waals surface area contributed by atoms with Crippen LogP contribution >= 0.6 is 0 Å². The third kappa shape index (κ3) is 4.69. The average molecular weight is 462 g/mol. The molecule has 1 aliphatic heterocycles. The molecule has 1 fully saturated rings. The molecule has 0 unspecified atom stereocenters. The van der Waals surface area contributed by atoms with E-state index >= 15 is 0 Å². The molecule has 7 nitrogen and oxygen atoms in total. The lowest BCUT2D eigenvalue weighted by Gasteiger charge is -2.46. The zero-order valence-corrected chi connectivity index (χ0v) is 19.4. The first-order chi connectivity index (χ1) is 16.5. The number of carbonyl (C=O) groups is 2. The number of methoxy groups -OCH3 is 1. The van der Waals surface area contributed by atoms with E-state index in [0.29, 0.717) is 36.0 Å². The van der Waals surface area contributed by atoms with Crippen LogP contribution in [0.4, 0.5) is 5.69 Å². The molecule has 1 heterocycles. The van der Waals surface area contributed by atoms with Crippen molar-refractivity contribution in [2.24, 2.45) is 0 Å². The van der Waals surface area contributed by atoms with E-state index in [1.54, 1.807) is 67.5 Å². The zero-order valence-electron chi connectivity index (χ0n) is 19.4. The average Bonchev–Trinajstić information content (AvgIpc) is 2.87. The van der Waals surface area contributed by atoms with E-state index in [-0.39, 0.29) is 11.9 Å². The molecule has 1 amide bonds. The minimum Gasteiger partial charge on any atom is -0.497 e. The molecule has 4 rings (SSSR count). The highest BCUT2D eigenvalue weighted by Gasteiger charge is 2.51. The molecule has 3 aromatic carbocycles. The normalized spacial score (nSPS) is 17.0. The quantitative estimate of drug-likeness (QED) is 0.336. The van der Waals surface area contributed by atoms with Gasteiger partial charge in [0.2, 0.25) is 6.10 Å². The molecule has 1 aliphatic rings. The van der Waals surface area contributed by atoms with Gasteiger partial charge in [0.25, 0.3) is 5.91 Å². The first-order valence-electron chi connectivity index (χ1n) is 11.2. The van der Waals surface area contributed by atoms with Crippen LogP contribution in [-0.2, 0) is 9.53 Å².